The van der Waals surface area contributed by atoms with Gasteiger partial charge in [-0.05, 0) is 0 Å². The average Bonchev–Trinajstić information content (AvgIpc) is 2.98. The fraction of sp³-hybridized carbons (Fsp3) is 0.333. The normalized spacial score (nSPS) is 10.4. The molecule has 2 rings (SSSR count). The third-order valence-electron chi connectivity index (χ3n) is 1.89. The standard InChI is InChI=1S/C9H12N8O2S2/c1-4(18)10-6-12-8(16-14-6)20-3-21-9-13-7(15-17-9)11-5(2)19/h3H2,1-2H3,(H2,10,12,14,16,18)(H2,11,13,15,17,19). The topological polar surface area (TPSA) is 141 Å². The lowest BCUT2D eigenvalue weighted by Gasteiger charge is -1.94. The monoisotopic (exact) mass is 328 g/mol. The molecule has 0 aliphatic rings. The van der Waals surface area contributed by atoms with Crippen LogP contribution in [-0.4, -0.2) is 47.3 Å². The van der Waals surface area contributed by atoms with Gasteiger partial charge in [-0.15, -0.1) is 10.2 Å². The predicted molar refractivity (Wildman–Crippen MR) is 78.0 cm³/mol. The summed E-state index contributed by atoms with van der Waals surface area (Å²) in [6.07, 6.45) is 0. The van der Waals surface area contributed by atoms with Gasteiger partial charge >= 0.3 is 0 Å². The number of nitrogens with zero attached hydrogens (tertiary/aromatic N) is 4. The number of hydrogen-bond acceptors (Lipinski definition) is 8. The van der Waals surface area contributed by atoms with Gasteiger partial charge in [-0.25, -0.2) is 10.2 Å². The largest absolute Gasteiger partial charge is 0.295 e. The van der Waals surface area contributed by atoms with Gasteiger partial charge in [0.05, 0.1) is 5.08 Å². The van der Waals surface area contributed by atoms with E-state index >= 15 is 0 Å². The minimum absolute atomic E-state index is 0.219. The summed E-state index contributed by atoms with van der Waals surface area (Å²) in [7, 11) is 0. The van der Waals surface area contributed by atoms with Crippen LogP contribution in [0.15, 0.2) is 10.3 Å². The van der Waals surface area contributed by atoms with Crippen LogP contribution in [0.4, 0.5) is 11.9 Å². The number of amides is 2. The first-order chi connectivity index (χ1) is 10.0. The van der Waals surface area contributed by atoms with E-state index in [0.29, 0.717) is 27.3 Å². The highest BCUT2D eigenvalue weighted by atomic mass is 32.2. The van der Waals surface area contributed by atoms with Crippen LogP contribution in [0.2, 0.25) is 0 Å². The Bertz CT molecular complexity index is 585. The van der Waals surface area contributed by atoms with Gasteiger partial charge in [0.15, 0.2) is 0 Å². The fourth-order valence-electron chi connectivity index (χ4n) is 1.20. The maximum absolute atomic E-state index is 10.8. The maximum Gasteiger partial charge on any atom is 0.226 e. The number of nitrogens with one attached hydrogen (secondary N) is 4. The van der Waals surface area contributed by atoms with Crippen molar-refractivity contribution in [2.45, 2.75) is 24.2 Å². The molecule has 2 heterocycles. The average molecular weight is 328 g/mol. The highest BCUT2D eigenvalue weighted by molar-refractivity contribution is 8.15. The summed E-state index contributed by atoms with van der Waals surface area (Å²) >= 11 is 2.73. The third-order valence-corrected chi connectivity index (χ3v) is 3.72. The molecule has 0 bridgehead atoms. The van der Waals surface area contributed by atoms with Crippen molar-refractivity contribution < 1.29 is 9.59 Å². The zero-order valence-electron chi connectivity index (χ0n) is 11.1. The van der Waals surface area contributed by atoms with E-state index in [9.17, 15) is 9.59 Å². The number of aromatic amines is 2. The molecule has 0 fully saturated rings. The summed E-state index contributed by atoms with van der Waals surface area (Å²) in [5, 5.41) is 19.7. The smallest absolute Gasteiger partial charge is 0.226 e. The van der Waals surface area contributed by atoms with Gasteiger partial charge in [-0.2, -0.15) is 9.97 Å². The van der Waals surface area contributed by atoms with E-state index in [-0.39, 0.29) is 11.8 Å². The molecular formula is C9H12N8O2S2. The summed E-state index contributed by atoms with van der Waals surface area (Å²) in [5.74, 6) is 0.174. The summed E-state index contributed by atoms with van der Waals surface area (Å²) < 4.78 is 0. The molecule has 0 atom stereocenters. The molecule has 0 aromatic carbocycles. The Hall–Kier alpha value is -2.08. The van der Waals surface area contributed by atoms with Crippen LogP contribution in [-0.2, 0) is 9.59 Å². The van der Waals surface area contributed by atoms with Crippen molar-refractivity contribution in [2.24, 2.45) is 0 Å². The number of carbonyl (C=O) groups excluding carboxylic acids is 2. The van der Waals surface area contributed by atoms with Crippen LogP contribution in [0.1, 0.15) is 13.8 Å². The predicted octanol–water partition coefficient (Wildman–Crippen LogP) is 0.681. The second-order valence-corrected chi connectivity index (χ2v) is 5.95. The molecular weight excluding hydrogens is 316 g/mol. The summed E-state index contributed by atoms with van der Waals surface area (Å²) in [4.78, 5) is 29.8. The lowest BCUT2D eigenvalue weighted by molar-refractivity contribution is -0.115. The third kappa shape index (κ3) is 5.07. The van der Waals surface area contributed by atoms with Gasteiger partial charge in [-0.3, -0.25) is 20.2 Å². The molecule has 2 amide bonds. The van der Waals surface area contributed by atoms with Crippen molar-refractivity contribution in [1.82, 2.24) is 30.4 Å². The molecule has 0 aliphatic heterocycles. The summed E-state index contributed by atoms with van der Waals surface area (Å²) in [6, 6.07) is 0. The Kier molecular flexibility index (Phi) is 5.16. The van der Waals surface area contributed by atoms with Crippen LogP contribution in [0, 0.1) is 0 Å². The maximum atomic E-state index is 10.8. The Balaban J connectivity index is 1.78. The number of H-pyrrole nitrogens is 2. The zero-order chi connectivity index (χ0) is 15.2. The van der Waals surface area contributed by atoms with Gasteiger partial charge in [0.1, 0.15) is 0 Å². The van der Waals surface area contributed by atoms with Crippen molar-refractivity contribution in [2.75, 3.05) is 15.7 Å². The van der Waals surface area contributed by atoms with Crippen LogP contribution < -0.4 is 10.6 Å². The van der Waals surface area contributed by atoms with Gasteiger partial charge in [-0.1, -0.05) is 23.5 Å². The molecule has 21 heavy (non-hydrogen) atoms. The van der Waals surface area contributed by atoms with E-state index in [0.717, 1.165) is 0 Å². The lowest BCUT2D eigenvalue weighted by atomic mass is 10.7. The Morgan fingerprint density at radius 1 is 0.952 bits per heavy atom. The molecule has 112 valence electrons. The molecule has 12 heteroatoms. The minimum Gasteiger partial charge on any atom is -0.295 e. The molecule has 2 aromatic rings. The second kappa shape index (κ2) is 7.08. The molecule has 0 aliphatic carbocycles. The molecule has 0 spiro atoms. The van der Waals surface area contributed by atoms with Crippen molar-refractivity contribution in [3.8, 4) is 0 Å². The zero-order valence-corrected chi connectivity index (χ0v) is 12.8. The van der Waals surface area contributed by atoms with Crippen molar-refractivity contribution in [1.29, 1.82) is 0 Å². The molecule has 0 radical (unpaired) electrons. The first kappa shape index (κ1) is 15.3. The van der Waals surface area contributed by atoms with Crippen LogP contribution >= 0.6 is 23.5 Å². The number of aromatic nitrogens is 6. The Morgan fingerprint density at radius 3 is 1.76 bits per heavy atom. The SMILES string of the molecule is CC(=O)Nc1nc(SCSc2n[nH]c(NC(C)=O)n2)n[nH]1. The summed E-state index contributed by atoms with van der Waals surface area (Å²) in [6.45, 7) is 2.78. The van der Waals surface area contributed by atoms with Gasteiger partial charge in [0.2, 0.25) is 34.0 Å². The second-order valence-electron chi connectivity index (χ2n) is 3.70. The van der Waals surface area contributed by atoms with Crippen LogP contribution in [0.3, 0.4) is 0 Å². The highest BCUT2D eigenvalue weighted by Crippen LogP contribution is 2.24. The van der Waals surface area contributed by atoms with Crippen LogP contribution in [0.25, 0.3) is 0 Å². The number of rotatable bonds is 6. The minimum atomic E-state index is -0.219. The van der Waals surface area contributed by atoms with E-state index in [1.807, 2.05) is 0 Å². The molecule has 2 aromatic heterocycles. The molecule has 0 unspecified atom stereocenters. The van der Waals surface area contributed by atoms with E-state index in [2.05, 4.69) is 41.0 Å². The Labute approximate surface area is 127 Å². The van der Waals surface area contributed by atoms with Crippen molar-refractivity contribution >= 4 is 47.2 Å². The Morgan fingerprint density at radius 2 is 1.38 bits per heavy atom. The highest BCUT2D eigenvalue weighted by Gasteiger charge is 2.08. The number of carbonyl (C=O) groups is 2. The molecule has 4 N–H and O–H groups in total. The van der Waals surface area contributed by atoms with Crippen molar-refractivity contribution in [3.05, 3.63) is 0 Å². The quantitative estimate of drug-likeness (QED) is 0.448. The first-order valence-corrected chi connectivity index (χ1v) is 7.65. The van der Waals surface area contributed by atoms with E-state index in [1.165, 1.54) is 37.4 Å². The van der Waals surface area contributed by atoms with Gasteiger partial charge in [0, 0.05) is 13.8 Å². The van der Waals surface area contributed by atoms with Gasteiger partial charge < -0.3 is 0 Å². The van der Waals surface area contributed by atoms with E-state index in [4.69, 9.17) is 0 Å². The summed E-state index contributed by atoms with van der Waals surface area (Å²) in [5.41, 5.74) is 0. The molecule has 0 saturated carbocycles. The molecule has 0 saturated heterocycles. The van der Waals surface area contributed by atoms with Gasteiger partial charge in [0.25, 0.3) is 0 Å². The van der Waals surface area contributed by atoms with E-state index in [1.54, 1.807) is 0 Å². The van der Waals surface area contributed by atoms with E-state index < -0.39 is 0 Å². The fourth-order valence-corrected chi connectivity index (χ4v) is 2.81. The number of hydrogen-bond donors (Lipinski definition) is 4. The number of thioether (sulfide) groups is 2. The van der Waals surface area contributed by atoms with Crippen molar-refractivity contribution in [3.63, 3.8) is 0 Å². The lowest BCUT2D eigenvalue weighted by Crippen LogP contribution is -2.06. The number of anilines is 2. The molecule has 10 nitrogen and oxygen atoms in total. The van der Waals surface area contributed by atoms with Crippen LogP contribution in [0.5, 0.6) is 0 Å². The first-order valence-electron chi connectivity index (χ1n) is 5.68.